The molecule has 3 aromatic heterocycles. The molecule has 0 bridgehead atoms. The van der Waals surface area contributed by atoms with E-state index in [-0.39, 0.29) is 5.39 Å². The van der Waals surface area contributed by atoms with Crippen LogP contribution in [0.1, 0.15) is 5.56 Å². The molecule has 3 heterocycles. The Morgan fingerprint density at radius 2 is 1.72 bits per heavy atom. The SMILES string of the molecule is NCc1ccc(-c2nc3c(-c4cncs4)cnc(OC(=O)C(F)(F)F)c3cc2-c2ccccc2)cc1. The molecule has 36 heavy (non-hydrogen) atoms. The normalized spacial score (nSPS) is 11.6. The van der Waals surface area contributed by atoms with Gasteiger partial charge in [0.1, 0.15) is 0 Å². The van der Waals surface area contributed by atoms with Crippen LogP contribution < -0.4 is 10.5 Å². The summed E-state index contributed by atoms with van der Waals surface area (Å²) in [5.74, 6) is -2.83. The van der Waals surface area contributed by atoms with Gasteiger partial charge in [-0.3, -0.25) is 4.98 Å². The van der Waals surface area contributed by atoms with Crippen LogP contribution in [0.25, 0.3) is 43.7 Å². The predicted molar refractivity (Wildman–Crippen MR) is 131 cm³/mol. The summed E-state index contributed by atoms with van der Waals surface area (Å²) in [5.41, 5.74) is 12.0. The minimum atomic E-state index is -5.18. The van der Waals surface area contributed by atoms with Gasteiger partial charge in [0, 0.05) is 35.6 Å². The van der Waals surface area contributed by atoms with Crippen molar-refractivity contribution in [2.24, 2.45) is 5.73 Å². The van der Waals surface area contributed by atoms with Crippen LogP contribution >= 0.6 is 11.3 Å². The number of halogens is 3. The average Bonchev–Trinajstić information content (AvgIpc) is 3.43. The number of pyridine rings is 2. The van der Waals surface area contributed by atoms with Gasteiger partial charge in [-0.2, -0.15) is 13.2 Å². The summed E-state index contributed by atoms with van der Waals surface area (Å²) >= 11 is 1.33. The van der Waals surface area contributed by atoms with Gasteiger partial charge >= 0.3 is 12.1 Å². The number of rotatable bonds is 5. The first-order valence-corrected chi connectivity index (χ1v) is 11.6. The smallest absolute Gasteiger partial charge is 0.400 e. The molecule has 0 unspecified atom stereocenters. The summed E-state index contributed by atoms with van der Waals surface area (Å²) in [7, 11) is 0. The fourth-order valence-electron chi connectivity index (χ4n) is 3.75. The molecule has 0 atom stereocenters. The number of aromatic nitrogens is 3. The molecule has 6 nitrogen and oxygen atoms in total. The third kappa shape index (κ3) is 4.56. The van der Waals surface area contributed by atoms with Gasteiger partial charge < -0.3 is 10.5 Å². The Morgan fingerprint density at radius 3 is 2.36 bits per heavy atom. The molecule has 0 fully saturated rings. The first-order chi connectivity index (χ1) is 17.3. The molecular formula is C26H17F3N4O2S. The molecule has 0 amide bonds. The minimum Gasteiger partial charge on any atom is -0.400 e. The van der Waals surface area contributed by atoms with Gasteiger partial charge in [-0.1, -0.05) is 54.6 Å². The third-order valence-electron chi connectivity index (χ3n) is 5.49. The van der Waals surface area contributed by atoms with Crippen molar-refractivity contribution < 1.29 is 22.7 Å². The monoisotopic (exact) mass is 506 g/mol. The van der Waals surface area contributed by atoms with Crippen LogP contribution in [0.15, 0.2) is 78.6 Å². The summed E-state index contributed by atoms with van der Waals surface area (Å²) in [4.78, 5) is 25.4. The van der Waals surface area contributed by atoms with Crippen molar-refractivity contribution in [3.05, 3.63) is 84.1 Å². The number of hydrogen-bond acceptors (Lipinski definition) is 7. The first kappa shape index (κ1) is 23.6. The molecule has 180 valence electrons. The zero-order valence-corrected chi connectivity index (χ0v) is 19.3. The summed E-state index contributed by atoms with van der Waals surface area (Å²) in [6, 6.07) is 18.5. The fourth-order valence-corrected chi connectivity index (χ4v) is 4.38. The Kier molecular flexibility index (Phi) is 6.21. The highest BCUT2D eigenvalue weighted by molar-refractivity contribution is 7.13. The maximum atomic E-state index is 13.0. The number of benzene rings is 2. The molecule has 10 heteroatoms. The number of carbonyl (C=O) groups is 1. The number of hydrogen-bond donors (Lipinski definition) is 1. The lowest BCUT2D eigenvalue weighted by molar-refractivity contribution is -0.189. The van der Waals surface area contributed by atoms with Crippen molar-refractivity contribution >= 4 is 28.2 Å². The number of nitrogens with two attached hydrogens (primary N) is 1. The van der Waals surface area contributed by atoms with Crippen LogP contribution in [0.2, 0.25) is 0 Å². The molecular weight excluding hydrogens is 489 g/mol. The highest BCUT2D eigenvalue weighted by atomic mass is 32.1. The number of nitrogens with zero attached hydrogens (tertiary/aromatic N) is 3. The third-order valence-corrected chi connectivity index (χ3v) is 6.29. The Morgan fingerprint density at radius 1 is 0.972 bits per heavy atom. The van der Waals surface area contributed by atoms with Crippen LogP contribution in [0, 0.1) is 0 Å². The lowest BCUT2D eigenvalue weighted by Gasteiger charge is -2.15. The molecule has 2 N–H and O–H groups in total. The molecule has 0 spiro atoms. The Labute approximate surface area is 207 Å². The van der Waals surface area contributed by atoms with Crippen molar-refractivity contribution in [1.82, 2.24) is 15.0 Å². The van der Waals surface area contributed by atoms with Gasteiger partial charge in [-0.05, 0) is 17.2 Å². The van der Waals surface area contributed by atoms with Crippen LogP contribution in [-0.2, 0) is 11.3 Å². The number of carbonyl (C=O) groups excluding carboxylic acids is 1. The second-order valence-electron chi connectivity index (χ2n) is 7.78. The van der Waals surface area contributed by atoms with Crippen LogP contribution in [0.5, 0.6) is 5.88 Å². The standard InChI is InChI=1S/C26H17F3N4O2S/c27-26(28,29)25(34)35-24-19-10-18(16-4-2-1-3-5-16)22(17-8-6-15(11-30)7-9-17)33-23(19)20(12-32-24)21-13-31-14-36-21/h1-10,12-14H,11,30H2. The van der Waals surface area contributed by atoms with Gasteiger partial charge in [0.05, 0.1) is 27.0 Å². The zero-order valence-electron chi connectivity index (χ0n) is 18.5. The van der Waals surface area contributed by atoms with E-state index >= 15 is 0 Å². The van der Waals surface area contributed by atoms with Crippen molar-refractivity contribution in [2.75, 3.05) is 0 Å². The number of thiazole rings is 1. The summed E-state index contributed by atoms with van der Waals surface area (Å²) in [6.45, 7) is 0.381. The molecule has 0 saturated carbocycles. The van der Waals surface area contributed by atoms with E-state index < -0.39 is 18.0 Å². The molecule has 0 radical (unpaired) electrons. The highest BCUT2D eigenvalue weighted by Crippen LogP contribution is 2.40. The zero-order chi connectivity index (χ0) is 25.3. The van der Waals surface area contributed by atoms with Crippen LogP contribution in [-0.4, -0.2) is 27.1 Å². The van der Waals surface area contributed by atoms with Gasteiger partial charge in [0.15, 0.2) is 0 Å². The summed E-state index contributed by atoms with van der Waals surface area (Å²) in [6.07, 6.45) is -2.22. The molecule has 0 aliphatic rings. The number of alkyl halides is 3. The van der Waals surface area contributed by atoms with Crippen LogP contribution in [0.3, 0.4) is 0 Å². The van der Waals surface area contributed by atoms with Crippen molar-refractivity contribution in [2.45, 2.75) is 12.7 Å². The topological polar surface area (TPSA) is 91.0 Å². The van der Waals surface area contributed by atoms with Crippen molar-refractivity contribution in [3.8, 4) is 38.7 Å². The first-order valence-electron chi connectivity index (χ1n) is 10.7. The van der Waals surface area contributed by atoms with Gasteiger partial charge in [-0.15, -0.1) is 11.3 Å². The van der Waals surface area contributed by atoms with Gasteiger partial charge in [-0.25, -0.2) is 14.8 Å². The van der Waals surface area contributed by atoms with E-state index in [0.717, 1.165) is 16.7 Å². The van der Waals surface area contributed by atoms with Gasteiger partial charge in [0.25, 0.3) is 0 Å². The van der Waals surface area contributed by atoms with Gasteiger partial charge in [0.2, 0.25) is 5.88 Å². The van der Waals surface area contributed by atoms with Crippen LogP contribution in [0.4, 0.5) is 13.2 Å². The Hall–Kier alpha value is -4.15. The predicted octanol–water partition coefficient (Wildman–Crippen LogP) is 6.01. The fraction of sp³-hybridized carbons (Fsp3) is 0.0769. The molecule has 0 saturated heterocycles. The molecule has 0 aliphatic heterocycles. The number of ether oxygens (including phenoxy) is 1. The van der Waals surface area contributed by atoms with E-state index in [0.29, 0.717) is 33.8 Å². The maximum Gasteiger partial charge on any atom is 0.491 e. The van der Waals surface area contributed by atoms with E-state index in [1.165, 1.54) is 17.5 Å². The quantitative estimate of drug-likeness (QED) is 0.294. The highest BCUT2D eigenvalue weighted by Gasteiger charge is 2.42. The molecule has 2 aromatic carbocycles. The Balaban J connectivity index is 1.81. The number of fused-ring (bicyclic) bond motifs is 1. The summed E-state index contributed by atoms with van der Waals surface area (Å²) in [5, 5.41) is 0.166. The average molecular weight is 507 g/mol. The minimum absolute atomic E-state index is 0.166. The Bertz CT molecular complexity index is 1540. The van der Waals surface area contributed by atoms with E-state index in [9.17, 15) is 18.0 Å². The largest absolute Gasteiger partial charge is 0.491 e. The lowest BCUT2D eigenvalue weighted by Crippen LogP contribution is -2.28. The van der Waals surface area contributed by atoms with Crippen molar-refractivity contribution in [1.29, 1.82) is 0 Å². The number of esters is 1. The molecule has 5 rings (SSSR count). The second-order valence-corrected chi connectivity index (χ2v) is 8.66. The van der Waals surface area contributed by atoms with E-state index in [4.69, 9.17) is 15.5 Å². The molecule has 0 aliphatic carbocycles. The van der Waals surface area contributed by atoms with E-state index in [2.05, 4.69) is 9.97 Å². The van der Waals surface area contributed by atoms with E-state index in [1.54, 1.807) is 17.8 Å². The molecule has 5 aromatic rings. The maximum absolute atomic E-state index is 13.0. The van der Waals surface area contributed by atoms with E-state index in [1.807, 2.05) is 54.6 Å². The lowest BCUT2D eigenvalue weighted by atomic mass is 9.96. The van der Waals surface area contributed by atoms with Crippen molar-refractivity contribution in [3.63, 3.8) is 0 Å². The second kappa shape index (κ2) is 9.48. The summed E-state index contributed by atoms with van der Waals surface area (Å²) < 4.78 is 43.7.